The standard InChI is InChI=1S/C17H23NO5/c1-11(16(20)21)9-18(4)14(19)10-22-13-7-5-6-12-8-17(2,3)23-15(12)13/h5-7,11H,8-10H2,1-4H3,(H,20,21). The number of carbonyl (C=O) groups is 2. The third-order valence-corrected chi connectivity index (χ3v) is 3.80. The van der Waals surface area contributed by atoms with E-state index < -0.39 is 11.9 Å². The quantitative estimate of drug-likeness (QED) is 0.867. The zero-order chi connectivity index (χ0) is 17.2. The first kappa shape index (κ1) is 17.1. The van der Waals surface area contributed by atoms with Gasteiger partial charge in [0.25, 0.3) is 5.91 Å². The molecule has 1 amide bonds. The Morgan fingerprint density at radius 2 is 2.13 bits per heavy atom. The van der Waals surface area contributed by atoms with Crippen molar-refractivity contribution < 1.29 is 24.2 Å². The van der Waals surface area contributed by atoms with E-state index in [0.29, 0.717) is 11.5 Å². The third kappa shape index (κ3) is 4.15. The molecular formula is C17H23NO5. The van der Waals surface area contributed by atoms with Gasteiger partial charge in [-0.1, -0.05) is 19.1 Å². The Bertz CT molecular complexity index is 611. The van der Waals surface area contributed by atoms with Gasteiger partial charge in [0, 0.05) is 25.6 Å². The van der Waals surface area contributed by atoms with Crippen molar-refractivity contribution in [2.75, 3.05) is 20.2 Å². The molecule has 1 aliphatic heterocycles. The van der Waals surface area contributed by atoms with Gasteiger partial charge < -0.3 is 19.5 Å². The average molecular weight is 321 g/mol. The van der Waals surface area contributed by atoms with Gasteiger partial charge in [-0.15, -0.1) is 0 Å². The van der Waals surface area contributed by atoms with Crippen molar-refractivity contribution in [1.82, 2.24) is 4.90 Å². The number of carbonyl (C=O) groups excluding carboxylic acids is 1. The van der Waals surface area contributed by atoms with Gasteiger partial charge in [0.15, 0.2) is 18.1 Å². The van der Waals surface area contributed by atoms with E-state index in [1.165, 1.54) is 4.90 Å². The van der Waals surface area contributed by atoms with E-state index in [4.69, 9.17) is 14.6 Å². The minimum atomic E-state index is -0.929. The highest BCUT2D eigenvalue weighted by atomic mass is 16.5. The van der Waals surface area contributed by atoms with Gasteiger partial charge >= 0.3 is 5.97 Å². The lowest BCUT2D eigenvalue weighted by Gasteiger charge is -2.20. The molecule has 126 valence electrons. The minimum absolute atomic E-state index is 0.147. The molecule has 6 nitrogen and oxygen atoms in total. The predicted octanol–water partition coefficient (Wildman–Crippen LogP) is 1.96. The van der Waals surface area contributed by atoms with Crippen LogP contribution in [0.1, 0.15) is 26.3 Å². The third-order valence-electron chi connectivity index (χ3n) is 3.80. The molecule has 0 aromatic heterocycles. The summed E-state index contributed by atoms with van der Waals surface area (Å²) in [4.78, 5) is 24.3. The molecular weight excluding hydrogens is 298 g/mol. The number of para-hydroxylation sites is 1. The highest BCUT2D eigenvalue weighted by Crippen LogP contribution is 2.41. The zero-order valence-electron chi connectivity index (χ0n) is 14.0. The fraction of sp³-hybridized carbons (Fsp3) is 0.529. The second kappa shape index (κ2) is 6.48. The van der Waals surface area contributed by atoms with Gasteiger partial charge in [0.05, 0.1) is 5.92 Å². The van der Waals surface area contributed by atoms with Gasteiger partial charge in [-0.25, -0.2) is 0 Å². The predicted molar refractivity (Wildman–Crippen MR) is 84.8 cm³/mol. The number of carboxylic acids is 1. The number of likely N-dealkylation sites (N-methyl/N-ethyl adjacent to an activating group) is 1. The molecule has 0 fully saturated rings. The Kier molecular flexibility index (Phi) is 4.82. The molecule has 1 atom stereocenters. The van der Waals surface area contributed by atoms with Crippen LogP contribution in [0.15, 0.2) is 18.2 Å². The average Bonchev–Trinajstić information content (AvgIpc) is 2.78. The van der Waals surface area contributed by atoms with Crippen LogP contribution in [0, 0.1) is 5.92 Å². The van der Waals surface area contributed by atoms with Crippen LogP contribution >= 0.6 is 0 Å². The molecule has 0 saturated heterocycles. The summed E-state index contributed by atoms with van der Waals surface area (Å²) in [6, 6.07) is 5.63. The van der Waals surface area contributed by atoms with Crippen molar-refractivity contribution in [3.8, 4) is 11.5 Å². The zero-order valence-corrected chi connectivity index (χ0v) is 14.0. The normalized spacial score (nSPS) is 16.2. The smallest absolute Gasteiger partial charge is 0.308 e. The first-order valence-corrected chi connectivity index (χ1v) is 7.60. The van der Waals surface area contributed by atoms with Crippen molar-refractivity contribution in [2.24, 2.45) is 5.92 Å². The van der Waals surface area contributed by atoms with Crippen molar-refractivity contribution in [2.45, 2.75) is 32.8 Å². The summed E-state index contributed by atoms with van der Waals surface area (Å²) in [6.45, 7) is 5.57. The van der Waals surface area contributed by atoms with Crippen molar-refractivity contribution in [3.63, 3.8) is 0 Å². The molecule has 1 aliphatic rings. The molecule has 1 aromatic carbocycles. The van der Waals surface area contributed by atoms with Crippen molar-refractivity contribution in [3.05, 3.63) is 23.8 Å². The van der Waals surface area contributed by atoms with Crippen LogP contribution in [0.2, 0.25) is 0 Å². The Hall–Kier alpha value is -2.24. The lowest BCUT2D eigenvalue weighted by molar-refractivity contribution is -0.143. The van der Waals surface area contributed by atoms with E-state index >= 15 is 0 Å². The molecule has 1 heterocycles. The molecule has 2 rings (SSSR count). The molecule has 1 aromatic rings. The van der Waals surface area contributed by atoms with E-state index in [0.717, 1.165) is 12.0 Å². The number of rotatable bonds is 6. The molecule has 0 spiro atoms. The monoisotopic (exact) mass is 321 g/mol. The molecule has 6 heteroatoms. The van der Waals surface area contributed by atoms with Crippen LogP contribution < -0.4 is 9.47 Å². The van der Waals surface area contributed by atoms with E-state index in [-0.39, 0.29) is 24.7 Å². The summed E-state index contributed by atoms with van der Waals surface area (Å²) >= 11 is 0. The first-order valence-electron chi connectivity index (χ1n) is 7.60. The second-order valence-electron chi connectivity index (χ2n) is 6.59. The lowest BCUT2D eigenvalue weighted by atomic mass is 10.0. The van der Waals surface area contributed by atoms with Gasteiger partial charge in [-0.2, -0.15) is 0 Å². The fourth-order valence-corrected chi connectivity index (χ4v) is 2.54. The molecule has 1 N–H and O–H groups in total. The highest BCUT2D eigenvalue weighted by molar-refractivity contribution is 5.78. The molecule has 0 saturated carbocycles. The van der Waals surface area contributed by atoms with Crippen LogP contribution in [-0.2, 0) is 16.0 Å². The number of benzene rings is 1. The summed E-state index contributed by atoms with van der Waals surface area (Å²) in [5.41, 5.74) is 0.785. The number of nitrogens with zero attached hydrogens (tertiary/aromatic N) is 1. The number of ether oxygens (including phenoxy) is 2. The number of fused-ring (bicyclic) bond motifs is 1. The number of carboxylic acid groups (broad SMARTS) is 1. The minimum Gasteiger partial charge on any atom is -0.483 e. The molecule has 23 heavy (non-hydrogen) atoms. The summed E-state index contributed by atoms with van der Waals surface area (Å²) in [6.07, 6.45) is 0.795. The number of amides is 1. The van der Waals surface area contributed by atoms with Gasteiger partial charge in [-0.05, 0) is 19.9 Å². The van der Waals surface area contributed by atoms with E-state index in [1.807, 2.05) is 26.0 Å². The maximum atomic E-state index is 12.1. The number of hydrogen-bond donors (Lipinski definition) is 1. The van der Waals surface area contributed by atoms with E-state index in [9.17, 15) is 9.59 Å². The molecule has 0 radical (unpaired) electrons. The van der Waals surface area contributed by atoms with Crippen molar-refractivity contribution in [1.29, 1.82) is 0 Å². The summed E-state index contributed by atoms with van der Waals surface area (Å²) in [7, 11) is 1.57. The van der Waals surface area contributed by atoms with E-state index in [2.05, 4.69) is 0 Å². The van der Waals surface area contributed by atoms with Crippen LogP contribution in [0.3, 0.4) is 0 Å². The SMILES string of the molecule is CC(CN(C)C(=O)COc1cccc2c1OC(C)(C)C2)C(=O)O. The van der Waals surface area contributed by atoms with Crippen molar-refractivity contribution >= 4 is 11.9 Å². The molecule has 1 unspecified atom stereocenters. The van der Waals surface area contributed by atoms with Gasteiger partial charge in [-0.3, -0.25) is 9.59 Å². The van der Waals surface area contributed by atoms with Crippen LogP contribution in [0.4, 0.5) is 0 Å². The number of hydrogen-bond acceptors (Lipinski definition) is 4. The summed E-state index contributed by atoms with van der Waals surface area (Å²) in [5, 5.41) is 8.89. The van der Waals surface area contributed by atoms with Gasteiger partial charge in [0.2, 0.25) is 0 Å². The Balaban J connectivity index is 1.96. The second-order valence-corrected chi connectivity index (χ2v) is 6.59. The largest absolute Gasteiger partial charge is 0.483 e. The molecule has 0 aliphatic carbocycles. The summed E-state index contributed by atoms with van der Waals surface area (Å²) in [5.74, 6) is -0.586. The highest BCUT2D eigenvalue weighted by Gasteiger charge is 2.32. The van der Waals surface area contributed by atoms with Crippen LogP contribution in [-0.4, -0.2) is 47.7 Å². The number of aliphatic carboxylic acids is 1. The van der Waals surface area contributed by atoms with Gasteiger partial charge in [0.1, 0.15) is 5.60 Å². The summed E-state index contributed by atoms with van der Waals surface area (Å²) < 4.78 is 11.5. The van der Waals surface area contributed by atoms with E-state index in [1.54, 1.807) is 20.0 Å². The van der Waals surface area contributed by atoms with Crippen LogP contribution in [0.5, 0.6) is 11.5 Å². The lowest BCUT2D eigenvalue weighted by Crippen LogP contribution is -2.36. The maximum Gasteiger partial charge on any atom is 0.308 e. The Morgan fingerprint density at radius 3 is 2.78 bits per heavy atom. The maximum absolute atomic E-state index is 12.1. The Labute approximate surface area is 136 Å². The topological polar surface area (TPSA) is 76.1 Å². The Morgan fingerprint density at radius 1 is 1.43 bits per heavy atom. The first-order chi connectivity index (χ1) is 10.7. The van der Waals surface area contributed by atoms with Crippen LogP contribution in [0.25, 0.3) is 0 Å². The fourth-order valence-electron chi connectivity index (χ4n) is 2.54. The molecule has 0 bridgehead atoms.